The van der Waals surface area contributed by atoms with Gasteiger partial charge in [-0.25, -0.2) is 15.0 Å². The number of nitrogens with zero attached hydrogens (tertiary/aromatic N) is 6. The zero-order valence-corrected chi connectivity index (χ0v) is 23.6. The van der Waals surface area contributed by atoms with Gasteiger partial charge in [-0.3, -0.25) is 4.98 Å². The number of ether oxygens (including phenoxy) is 3. The van der Waals surface area contributed by atoms with Gasteiger partial charge in [0.25, 0.3) is 0 Å². The van der Waals surface area contributed by atoms with Crippen LogP contribution in [-0.4, -0.2) is 72.7 Å². The van der Waals surface area contributed by atoms with Gasteiger partial charge in [0.05, 0.1) is 23.7 Å². The molecule has 0 bridgehead atoms. The van der Waals surface area contributed by atoms with Crippen LogP contribution in [0.3, 0.4) is 0 Å². The number of pyridine rings is 2. The van der Waals surface area contributed by atoms with Crippen LogP contribution >= 0.6 is 11.8 Å². The van der Waals surface area contributed by atoms with Crippen molar-refractivity contribution >= 4 is 29.2 Å². The fraction of sp³-hybridized carbons (Fsp3) is 0.517. The number of anilines is 3. The first kappa shape index (κ1) is 25.8. The quantitative estimate of drug-likeness (QED) is 0.337. The molecule has 2 saturated heterocycles. The summed E-state index contributed by atoms with van der Waals surface area (Å²) in [6, 6.07) is 6.56. The minimum absolute atomic E-state index is 0.305. The van der Waals surface area contributed by atoms with Crippen molar-refractivity contribution in [3.63, 3.8) is 0 Å². The zero-order valence-electron chi connectivity index (χ0n) is 22.8. The summed E-state index contributed by atoms with van der Waals surface area (Å²) in [4.78, 5) is 24.4. The molecule has 4 aliphatic rings. The molecule has 210 valence electrons. The van der Waals surface area contributed by atoms with Gasteiger partial charge in [-0.2, -0.15) is 0 Å². The van der Waals surface area contributed by atoms with Gasteiger partial charge in [0.1, 0.15) is 24.2 Å². The molecular weight excluding hydrogens is 526 g/mol. The molecule has 3 aliphatic heterocycles. The third kappa shape index (κ3) is 4.84. The lowest BCUT2D eigenvalue weighted by molar-refractivity contribution is -0.0414. The molecule has 1 spiro atoms. The van der Waals surface area contributed by atoms with Gasteiger partial charge in [-0.05, 0) is 55.2 Å². The molecule has 0 unspecified atom stereocenters. The molecule has 10 nitrogen and oxygen atoms in total. The molecule has 0 amide bonds. The Bertz CT molecular complexity index is 1360. The number of nitrogens with two attached hydrogens (primary N) is 1. The molecule has 2 fully saturated rings. The topological polar surface area (TPSA) is 112 Å². The molecule has 11 heteroatoms. The Balaban J connectivity index is 1.01. The summed E-state index contributed by atoms with van der Waals surface area (Å²) in [5.74, 6) is 3.38. The minimum atomic E-state index is 0.305. The highest BCUT2D eigenvalue weighted by Gasteiger charge is 2.41. The van der Waals surface area contributed by atoms with E-state index in [1.54, 1.807) is 7.11 Å². The Morgan fingerprint density at radius 1 is 1.15 bits per heavy atom. The summed E-state index contributed by atoms with van der Waals surface area (Å²) in [7, 11) is 1.64. The Labute approximate surface area is 238 Å². The number of nitrogen functional groups attached to an aromatic ring is 1. The Morgan fingerprint density at radius 3 is 2.88 bits per heavy atom. The van der Waals surface area contributed by atoms with Crippen molar-refractivity contribution in [1.82, 2.24) is 19.9 Å². The second-order valence-electron chi connectivity index (χ2n) is 11.4. The SMILES string of the molecule is COCOC[C@@H]1C[C@H]2COc3c(Sc4ncc(N5CCC6(CC5)Cc5cccnc5C6)nc4N)ccnc3N2C1. The van der Waals surface area contributed by atoms with Gasteiger partial charge in [-0.1, -0.05) is 17.8 Å². The van der Waals surface area contributed by atoms with Crippen molar-refractivity contribution < 1.29 is 14.2 Å². The van der Waals surface area contributed by atoms with E-state index in [-0.39, 0.29) is 0 Å². The number of hydrogen-bond donors (Lipinski definition) is 1. The molecule has 0 radical (unpaired) electrons. The lowest BCUT2D eigenvalue weighted by atomic mass is 9.76. The number of aromatic nitrogens is 4. The number of rotatable bonds is 7. The van der Waals surface area contributed by atoms with E-state index in [1.807, 2.05) is 24.7 Å². The highest BCUT2D eigenvalue weighted by atomic mass is 32.2. The molecule has 7 rings (SSSR count). The number of piperidine rings is 1. The normalized spacial score (nSPS) is 22.6. The van der Waals surface area contributed by atoms with Crippen LogP contribution in [0.15, 0.2) is 46.7 Å². The van der Waals surface area contributed by atoms with Crippen LogP contribution in [0.4, 0.5) is 17.5 Å². The van der Waals surface area contributed by atoms with Gasteiger partial charge < -0.3 is 29.7 Å². The van der Waals surface area contributed by atoms with Crippen LogP contribution in [0.25, 0.3) is 0 Å². The molecule has 3 aromatic rings. The smallest absolute Gasteiger partial charge is 0.175 e. The highest BCUT2D eigenvalue weighted by Crippen LogP contribution is 2.47. The maximum Gasteiger partial charge on any atom is 0.175 e. The fourth-order valence-corrected chi connectivity index (χ4v) is 7.60. The van der Waals surface area contributed by atoms with Crippen LogP contribution in [0.2, 0.25) is 0 Å². The van der Waals surface area contributed by atoms with Crippen molar-refractivity contribution in [2.75, 3.05) is 62.3 Å². The number of hydrogen-bond acceptors (Lipinski definition) is 11. The Morgan fingerprint density at radius 2 is 2.05 bits per heavy atom. The van der Waals surface area contributed by atoms with E-state index in [1.165, 1.54) is 23.0 Å². The molecule has 1 aliphatic carbocycles. The van der Waals surface area contributed by atoms with Gasteiger partial charge in [0.2, 0.25) is 0 Å². The largest absolute Gasteiger partial charge is 0.486 e. The summed E-state index contributed by atoms with van der Waals surface area (Å²) in [6.07, 6.45) is 11.1. The minimum Gasteiger partial charge on any atom is -0.486 e. The second kappa shape index (κ2) is 10.7. The second-order valence-corrected chi connectivity index (χ2v) is 12.5. The van der Waals surface area contributed by atoms with Gasteiger partial charge >= 0.3 is 0 Å². The standard InChI is InChI=1S/C29H35N7O3S/c1-37-18-38-16-19-11-21-17-39-25-23(4-8-32-27(25)36(21)15-19)40-28-26(30)34-24(14-33-28)35-9-5-29(6-10-35)12-20-3-2-7-31-22(20)13-29/h2-4,7-8,14,19,21H,5-6,9-13,15-18H2,1H3,(H2,30,34)/t19-,21+/m1/s1. The first-order chi connectivity index (χ1) is 19.6. The first-order valence-electron chi connectivity index (χ1n) is 14.0. The van der Waals surface area contributed by atoms with Crippen molar-refractivity contribution in [3.8, 4) is 5.75 Å². The maximum absolute atomic E-state index is 6.47. The van der Waals surface area contributed by atoms with Crippen LogP contribution in [0.5, 0.6) is 5.75 Å². The fourth-order valence-electron chi connectivity index (χ4n) is 6.76. The monoisotopic (exact) mass is 561 g/mol. The van der Waals surface area contributed by atoms with Crippen LogP contribution < -0.4 is 20.3 Å². The van der Waals surface area contributed by atoms with Crippen LogP contribution in [-0.2, 0) is 22.3 Å². The molecule has 3 aromatic heterocycles. The lowest BCUT2D eigenvalue weighted by Gasteiger charge is -2.39. The van der Waals surface area contributed by atoms with E-state index in [2.05, 4.69) is 31.9 Å². The van der Waals surface area contributed by atoms with E-state index >= 15 is 0 Å². The van der Waals surface area contributed by atoms with Crippen LogP contribution in [0, 0.1) is 11.3 Å². The summed E-state index contributed by atoms with van der Waals surface area (Å²) in [5, 5.41) is 0.681. The van der Waals surface area contributed by atoms with E-state index in [9.17, 15) is 0 Å². The predicted octanol–water partition coefficient (Wildman–Crippen LogP) is 3.59. The molecular formula is C29H35N7O3S. The van der Waals surface area contributed by atoms with Gasteiger partial charge in [-0.15, -0.1) is 0 Å². The average Bonchev–Trinajstić information content (AvgIpc) is 3.56. The van der Waals surface area contributed by atoms with Gasteiger partial charge in [0, 0.05) is 50.7 Å². The summed E-state index contributed by atoms with van der Waals surface area (Å²) >= 11 is 1.49. The first-order valence-corrected chi connectivity index (χ1v) is 14.9. The average molecular weight is 562 g/mol. The third-order valence-corrected chi connectivity index (χ3v) is 9.85. The van der Waals surface area contributed by atoms with E-state index in [0.717, 1.165) is 74.0 Å². The summed E-state index contributed by atoms with van der Waals surface area (Å²) in [6.45, 7) is 4.42. The highest BCUT2D eigenvalue weighted by molar-refractivity contribution is 7.99. The lowest BCUT2D eigenvalue weighted by Crippen LogP contribution is -2.41. The van der Waals surface area contributed by atoms with Crippen LogP contribution in [0.1, 0.15) is 30.5 Å². The van der Waals surface area contributed by atoms with Crippen molar-refractivity contribution in [1.29, 1.82) is 0 Å². The Hall–Kier alpha value is -3.15. The molecule has 2 atom stereocenters. The van der Waals surface area contributed by atoms with Crippen molar-refractivity contribution in [3.05, 3.63) is 48.0 Å². The third-order valence-electron chi connectivity index (χ3n) is 8.80. The maximum atomic E-state index is 6.47. The van der Waals surface area contributed by atoms with E-state index in [0.29, 0.717) is 48.2 Å². The van der Waals surface area contributed by atoms with Crippen molar-refractivity contribution in [2.45, 2.75) is 48.1 Å². The Kier molecular flexibility index (Phi) is 6.89. The van der Waals surface area contributed by atoms with Gasteiger partial charge in [0.15, 0.2) is 17.4 Å². The number of methoxy groups -OCH3 is 1. The summed E-state index contributed by atoms with van der Waals surface area (Å²) in [5.41, 5.74) is 9.49. The van der Waals surface area contributed by atoms with E-state index < -0.39 is 0 Å². The predicted molar refractivity (Wildman–Crippen MR) is 153 cm³/mol. The van der Waals surface area contributed by atoms with E-state index in [4.69, 9.17) is 29.9 Å². The molecule has 6 heterocycles. The molecule has 40 heavy (non-hydrogen) atoms. The molecule has 0 aromatic carbocycles. The zero-order chi connectivity index (χ0) is 27.1. The number of fused-ring (bicyclic) bond motifs is 4. The molecule has 2 N–H and O–H groups in total. The molecule has 0 saturated carbocycles. The van der Waals surface area contributed by atoms with Crippen molar-refractivity contribution in [2.24, 2.45) is 11.3 Å². The summed E-state index contributed by atoms with van der Waals surface area (Å²) < 4.78 is 16.9.